The van der Waals surface area contributed by atoms with Gasteiger partial charge in [-0.1, -0.05) is 6.07 Å². The third kappa shape index (κ3) is 5.17. The van der Waals surface area contributed by atoms with Gasteiger partial charge in [-0.05, 0) is 68.4 Å². The Labute approximate surface area is 172 Å². The van der Waals surface area contributed by atoms with E-state index in [-0.39, 0.29) is 17.8 Å². The fraction of sp³-hybridized carbons (Fsp3) is 0.619. The summed E-state index contributed by atoms with van der Waals surface area (Å²) in [5.41, 5.74) is 0.239. The summed E-state index contributed by atoms with van der Waals surface area (Å²) in [6.07, 6.45) is 2.33. The minimum atomic E-state index is -4.42. The van der Waals surface area contributed by atoms with Gasteiger partial charge < -0.3 is 15.4 Å². The Kier molecular flexibility index (Phi) is 5.55. The van der Waals surface area contributed by atoms with Gasteiger partial charge in [-0.25, -0.2) is 4.79 Å². The van der Waals surface area contributed by atoms with E-state index in [1.165, 1.54) is 37.5 Å². The lowest BCUT2D eigenvalue weighted by molar-refractivity contribution is -0.153. The minimum Gasteiger partial charge on any atom is -0.484 e. The predicted octanol–water partition coefficient (Wildman–Crippen LogP) is 3.83. The first kappa shape index (κ1) is 20.8. The van der Waals surface area contributed by atoms with Crippen LogP contribution in [0.2, 0.25) is 0 Å². The summed E-state index contributed by atoms with van der Waals surface area (Å²) in [7, 11) is 0. The van der Waals surface area contributed by atoms with Crippen LogP contribution in [0.3, 0.4) is 0 Å². The van der Waals surface area contributed by atoms with Crippen molar-refractivity contribution < 1.29 is 27.5 Å². The number of hydrogen-bond donors (Lipinski definition) is 3. The fourth-order valence-corrected chi connectivity index (χ4v) is 5.75. The molecule has 0 aromatic heterocycles. The molecular formula is C21H26F3N3O3. The van der Waals surface area contributed by atoms with Crippen molar-refractivity contribution >= 4 is 17.6 Å². The van der Waals surface area contributed by atoms with Crippen molar-refractivity contribution in [1.82, 2.24) is 10.6 Å². The van der Waals surface area contributed by atoms with Crippen LogP contribution >= 0.6 is 0 Å². The van der Waals surface area contributed by atoms with Crippen molar-refractivity contribution in [2.24, 2.45) is 17.8 Å². The van der Waals surface area contributed by atoms with Gasteiger partial charge in [-0.3, -0.25) is 10.1 Å². The molecule has 1 aromatic carbocycles. The third-order valence-corrected chi connectivity index (χ3v) is 6.36. The van der Waals surface area contributed by atoms with Gasteiger partial charge in [-0.15, -0.1) is 0 Å². The number of hydrogen-bond acceptors (Lipinski definition) is 4. The molecule has 4 fully saturated rings. The Morgan fingerprint density at radius 1 is 1.07 bits per heavy atom. The zero-order valence-corrected chi connectivity index (χ0v) is 16.6. The number of nitrogens with one attached hydrogen (secondary N) is 3. The molecule has 4 bridgehead atoms. The van der Waals surface area contributed by atoms with E-state index in [0.717, 1.165) is 19.3 Å². The highest BCUT2D eigenvalue weighted by atomic mass is 19.4. The van der Waals surface area contributed by atoms with Crippen molar-refractivity contribution in [2.45, 2.75) is 50.2 Å². The lowest BCUT2D eigenvalue weighted by atomic mass is 9.53. The standard InChI is InChI=1S/C21H26F3N3O3/c22-21(23,24)12-30-17-3-1-2-16(7-17)25-11-18(28)26-19(29)27-20-8-13-4-14(9-20)6-15(5-13)10-20/h1-3,7,13-15,25H,4-6,8-12H2,(H2,26,27,28,29). The van der Waals surface area contributed by atoms with E-state index in [9.17, 15) is 22.8 Å². The second kappa shape index (κ2) is 8.00. The summed E-state index contributed by atoms with van der Waals surface area (Å²) in [6, 6.07) is 5.41. The van der Waals surface area contributed by atoms with Gasteiger partial charge in [0, 0.05) is 17.3 Å². The zero-order valence-electron chi connectivity index (χ0n) is 16.6. The predicted molar refractivity (Wildman–Crippen MR) is 104 cm³/mol. The first-order valence-corrected chi connectivity index (χ1v) is 10.3. The van der Waals surface area contributed by atoms with Crippen LogP contribution in [0.4, 0.5) is 23.7 Å². The van der Waals surface area contributed by atoms with Crippen LogP contribution in [0.15, 0.2) is 24.3 Å². The molecule has 6 nitrogen and oxygen atoms in total. The van der Waals surface area contributed by atoms with Crippen LogP contribution in [-0.4, -0.2) is 36.8 Å². The average Bonchev–Trinajstić information content (AvgIpc) is 2.63. The summed E-state index contributed by atoms with van der Waals surface area (Å²) in [6.45, 7) is -1.57. The van der Waals surface area contributed by atoms with E-state index in [2.05, 4.69) is 20.7 Å². The van der Waals surface area contributed by atoms with Crippen LogP contribution in [-0.2, 0) is 4.79 Å². The number of anilines is 1. The van der Waals surface area contributed by atoms with Gasteiger partial charge in [0.05, 0.1) is 6.54 Å². The number of carbonyl (C=O) groups excluding carboxylic acids is 2. The van der Waals surface area contributed by atoms with Crippen LogP contribution in [0, 0.1) is 17.8 Å². The Bertz CT molecular complexity index is 777. The molecule has 4 aliphatic carbocycles. The summed E-state index contributed by atoms with van der Waals surface area (Å²) in [5.74, 6) is 1.57. The SMILES string of the molecule is O=C(CNc1cccc(OCC(F)(F)F)c1)NC(=O)NC12CC3CC(CC(C3)C1)C2. The number of rotatable bonds is 6. The molecule has 3 N–H and O–H groups in total. The molecule has 164 valence electrons. The van der Waals surface area contributed by atoms with Gasteiger partial charge in [0.2, 0.25) is 5.91 Å². The molecule has 0 aliphatic heterocycles. The van der Waals surface area contributed by atoms with Gasteiger partial charge in [-0.2, -0.15) is 13.2 Å². The van der Waals surface area contributed by atoms with E-state index >= 15 is 0 Å². The number of amides is 3. The first-order chi connectivity index (χ1) is 14.2. The molecule has 3 amide bonds. The monoisotopic (exact) mass is 425 g/mol. The molecule has 0 heterocycles. The number of urea groups is 1. The molecule has 4 aliphatic rings. The average molecular weight is 425 g/mol. The maximum absolute atomic E-state index is 12.4. The van der Waals surface area contributed by atoms with Gasteiger partial charge in [0.25, 0.3) is 0 Å². The van der Waals surface area contributed by atoms with Crippen LogP contribution in [0.25, 0.3) is 0 Å². The molecule has 0 unspecified atom stereocenters. The number of halogens is 3. The van der Waals surface area contributed by atoms with Crippen molar-refractivity contribution in [3.05, 3.63) is 24.3 Å². The summed E-state index contributed by atoms with van der Waals surface area (Å²) < 4.78 is 41.5. The van der Waals surface area contributed by atoms with Crippen LogP contribution in [0.5, 0.6) is 5.75 Å². The summed E-state index contributed by atoms with van der Waals surface area (Å²) in [5, 5.41) is 8.22. The summed E-state index contributed by atoms with van der Waals surface area (Å²) >= 11 is 0. The summed E-state index contributed by atoms with van der Waals surface area (Å²) in [4.78, 5) is 24.5. The van der Waals surface area contributed by atoms with E-state index in [4.69, 9.17) is 0 Å². The highest BCUT2D eigenvalue weighted by Gasteiger charge is 2.51. The molecule has 30 heavy (non-hydrogen) atoms. The molecule has 0 radical (unpaired) electrons. The Morgan fingerprint density at radius 2 is 1.70 bits per heavy atom. The topological polar surface area (TPSA) is 79.5 Å². The molecule has 1 aromatic rings. The molecule has 0 saturated heterocycles. The smallest absolute Gasteiger partial charge is 0.422 e. The van der Waals surface area contributed by atoms with E-state index in [1.54, 1.807) is 6.07 Å². The van der Waals surface area contributed by atoms with Gasteiger partial charge in [0.15, 0.2) is 6.61 Å². The molecule has 4 saturated carbocycles. The molecule has 0 spiro atoms. The number of ether oxygens (including phenoxy) is 1. The Balaban J connectivity index is 1.24. The fourth-order valence-electron chi connectivity index (χ4n) is 5.75. The van der Waals surface area contributed by atoms with Gasteiger partial charge in [0.1, 0.15) is 5.75 Å². The Morgan fingerprint density at radius 3 is 2.30 bits per heavy atom. The lowest BCUT2D eigenvalue weighted by Gasteiger charge is -2.56. The number of imide groups is 1. The first-order valence-electron chi connectivity index (χ1n) is 10.3. The molecule has 5 rings (SSSR count). The van der Waals surface area contributed by atoms with Gasteiger partial charge >= 0.3 is 12.2 Å². The quantitative estimate of drug-likeness (QED) is 0.647. The maximum Gasteiger partial charge on any atom is 0.422 e. The molecule has 0 atom stereocenters. The van der Waals surface area contributed by atoms with Crippen molar-refractivity contribution in [3.63, 3.8) is 0 Å². The highest BCUT2D eigenvalue weighted by molar-refractivity contribution is 5.96. The number of alkyl halides is 3. The molecular weight excluding hydrogens is 399 g/mol. The zero-order chi connectivity index (χ0) is 21.4. The van der Waals surface area contributed by atoms with E-state index in [0.29, 0.717) is 23.4 Å². The van der Waals surface area contributed by atoms with Crippen LogP contribution < -0.4 is 20.7 Å². The largest absolute Gasteiger partial charge is 0.484 e. The van der Waals surface area contributed by atoms with Crippen LogP contribution in [0.1, 0.15) is 38.5 Å². The normalized spacial score (nSPS) is 29.4. The maximum atomic E-state index is 12.4. The lowest BCUT2D eigenvalue weighted by Crippen LogP contribution is -2.62. The third-order valence-electron chi connectivity index (χ3n) is 6.36. The van der Waals surface area contributed by atoms with Crippen molar-refractivity contribution in [1.29, 1.82) is 0 Å². The second-order valence-corrected chi connectivity index (χ2v) is 8.99. The van der Waals surface area contributed by atoms with Crippen molar-refractivity contribution in [3.8, 4) is 5.75 Å². The molecule has 9 heteroatoms. The number of carbonyl (C=O) groups is 2. The Hall–Kier alpha value is -2.45. The minimum absolute atomic E-state index is 0.0392. The second-order valence-electron chi connectivity index (χ2n) is 8.99. The van der Waals surface area contributed by atoms with Crippen molar-refractivity contribution in [2.75, 3.05) is 18.5 Å². The highest BCUT2D eigenvalue weighted by Crippen LogP contribution is 2.55. The van der Waals surface area contributed by atoms with E-state index < -0.39 is 24.7 Å². The number of benzene rings is 1. The van der Waals surface area contributed by atoms with E-state index in [1.807, 2.05) is 0 Å².